The summed E-state index contributed by atoms with van der Waals surface area (Å²) < 4.78 is 0. The minimum atomic E-state index is -0.432. The zero-order valence-corrected chi connectivity index (χ0v) is 12.1. The maximum atomic E-state index is 6.54. The van der Waals surface area contributed by atoms with Gasteiger partial charge in [-0.3, -0.25) is 0 Å². The Hall–Kier alpha value is -1.60. The van der Waals surface area contributed by atoms with Gasteiger partial charge in [-0.15, -0.1) is 0 Å². The van der Waals surface area contributed by atoms with Crippen molar-refractivity contribution in [3.8, 4) is 0 Å². The van der Waals surface area contributed by atoms with Crippen molar-refractivity contribution in [1.29, 1.82) is 0 Å². The van der Waals surface area contributed by atoms with Crippen LogP contribution in [-0.4, -0.2) is 0 Å². The Balaban J connectivity index is 2.33. The lowest BCUT2D eigenvalue weighted by Crippen LogP contribution is -2.34. The first kappa shape index (κ1) is 13.8. The van der Waals surface area contributed by atoms with E-state index in [1.54, 1.807) is 0 Å². The second kappa shape index (κ2) is 5.58. The summed E-state index contributed by atoms with van der Waals surface area (Å²) >= 11 is 0. The third-order valence-corrected chi connectivity index (χ3v) is 3.92. The molecule has 1 heteroatoms. The van der Waals surface area contributed by atoms with E-state index >= 15 is 0 Å². The first-order valence-corrected chi connectivity index (χ1v) is 7.05. The molecule has 0 aliphatic heterocycles. The fourth-order valence-electron chi connectivity index (χ4n) is 2.34. The Kier molecular flexibility index (Phi) is 4.06. The average Bonchev–Trinajstić information content (AvgIpc) is 2.47. The van der Waals surface area contributed by atoms with Crippen LogP contribution in [0, 0.1) is 0 Å². The van der Waals surface area contributed by atoms with Gasteiger partial charge in [0.05, 0.1) is 5.54 Å². The lowest BCUT2D eigenvalue weighted by atomic mass is 9.85. The normalized spacial score (nSPS) is 11.6. The van der Waals surface area contributed by atoms with E-state index < -0.39 is 5.54 Å². The van der Waals surface area contributed by atoms with Crippen LogP contribution >= 0.6 is 0 Å². The minimum absolute atomic E-state index is 0.432. The summed E-state index contributed by atoms with van der Waals surface area (Å²) in [6.45, 7) is 6.41. The van der Waals surface area contributed by atoms with E-state index in [0.717, 1.165) is 24.0 Å². The number of aryl methyl sites for hydroxylation is 2. The molecule has 0 saturated carbocycles. The number of rotatable bonds is 4. The molecule has 19 heavy (non-hydrogen) atoms. The smallest absolute Gasteiger partial charge is 0.0636 e. The van der Waals surface area contributed by atoms with Gasteiger partial charge in [-0.05, 0) is 42.0 Å². The molecule has 0 aromatic heterocycles. The van der Waals surface area contributed by atoms with Gasteiger partial charge in [0.2, 0.25) is 0 Å². The van der Waals surface area contributed by atoms with E-state index in [4.69, 9.17) is 5.73 Å². The van der Waals surface area contributed by atoms with Crippen molar-refractivity contribution >= 4 is 0 Å². The fourth-order valence-corrected chi connectivity index (χ4v) is 2.34. The number of benzene rings is 2. The van der Waals surface area contributed by atoms with Crippen molar-refractivity contribution < 1.29 is 0 Å². The quantitative estimate of drug-likeness (QED) is 0.874. The van der Waals surface area contributed by atoms with Gasteiger partial charge in [-0.2, -0.15) is 0 Å². The largest absolute Gasteiger partial charge is 0.318 e. The van der Waals surface area contributed by atoms with E-state index in [2.05, 4.69) is 69.3 Å². The molecule has 2 N–H and O–H groups in total. The Morgan fingerprint density at radius 2 is 1.05 bits per heavy atom. The van der Waals surface area contributed by atoms with Gasteiger partial charge >= 0.3 is 0 Å². The molecule has 0 amide bonds. The zero-order valence-electron chi connectivity index (χ0n) is 12.1. The maximum absolute atomic E-state index is 6.54. The molecule has 0 aliphatic rings. The van der Waals surface area contributed by atoms with Crippen molar-refractivity contribution in [3.05, 3.63) is 70.8 Å². The van der Waals surface area contributed by atoms with Gasteiger partial charge < -0.3 is 5.73 Å². The van der Waals surface area contributed by atoms with E-state index in [-0.39, 0.29) is 0 Å². The van der Waals surface area contributed by atoms with Crippen LogP contribution in [0.15, 0.2) is 48.5 Å². The van der Waals surface area contributed by atoms with Crippen molar-refractivity contribution in [2.75, 3.05) is 0 Å². The van der Waals surface area contributed by atoms with Crippen molar-refractivity contribution in [1.82, 2.24) is 0 Å². The second-order valence-electron chi connectivity index (χ2n) is 5.30. The van der Waals surface area contributed by atoms with E-state index in [9.17, 15) is 0 Å². The predicted octanol–water partition coefficient (Wildman–Crippen LogP) is 4.03. The molecule has 0 radical (unpaired) electrons. The topological polar surface area (TPSA) is 26.0 Å². The van der Waals surface area contributed by atoms with Crippen molar-refractivity contribution in [3.63, 3.8) is 0 Å². The maximum Gasteiger partial charge on any atom is 0.0636 e. The summed E-state index contributed by atoms with van der Waals surface area (Å²) in [5.41, 5.74) is 11.1. The van der Waals surface area contributed by atoms with Gasteiger partial charge in [0, 0.05) is 0 Å². The highest BCUT2D eigenvalue weighted by atomic mass is 14.7. The molecule has 2 aromatic carbocycles. The highest BCUT2D eigenvalue weighted by molar-refractivity contribution is 5.39. The van der Waals surface area contributed by atoms with E-state index in [0.29, 0.717) is 0 Å². The molecule has 100 valence electrons. The van der Waals surface area contributed by atoms with Gasteiger partial charge in [0.15, 0.2) is 0 Å². The Bertz CT molecular complexity index is 471. The molecule has 2 rings (SSSR count). The Morgan fingerprint density at radius 3 is 1.32 bits per heavy atom. The first-order valence-electron chi connectivity index (χ1n) is 7.05. The molecule has 1 nitrogen and oxygen atoms in total. The van der Waals surface area contributed by atoms with Crippen LogP contribution in [0.3, 0.4) is 0 Å². The fraction of sp³-hybridized carbons (Fsp3) is 0.333. The van der Waals surface area contributed by atoms with Gasteiger partial charge in [0.1, 0.15) is 0 Å². The average molecular weight is 253 g/mol. The first-order chi connectivity index (χ1) is 9.07. The number of hydrogen-bond acceptors (Lipinski definition) is 1. The molecule has 0 saturated heterocycles. The predicted molar refractivity (Wildman–Crippen MR) is 82.3 cm³/mol. The molecule has 0 heterocycles. The zero-order chi connectivity index (χ0) is 13.9. The summed E-state index contributed by atoms with van der Waals surface area (Å²) in [6, 6.07) is 17.3. The molecule has 0 unspecified atom stereocenters. The molecule has 0 aliphatic carbocycles. The number of nitrogens with two attached hydrogens (primary N) is 1. The van der Waals surface area contributed by atoms with E-state index in [1.807, 2.05) is 0 Å². The molecular weight excluding hydrogens is 230 g/mol. The lowest BCUT2D eigenvalue weighted by molar-refractivity contribution is 0.602. The van der Waals surface area contributed by atoms with Crippen LogP contribution in [0.2, 0.25) is 0 Å². The van der Waals surface area contributed by atoms with Gasteiger partial charge in [-0.25, -0.2) is 0 Å². The third-order valence-electron chi connectivity index (χ3n) is 3.92. The summed E-state index contributed by atoms with van der Waals surface area (Å²) in [5.74, 6) is 0. The SMILES string of the molecule is CCc1ccc(C(C)(N)c2ccc(CC)cc2)cc1. The molecule has 0 spiro atoms. The summed E-state index contributed by atoms with van der Waals surface area (Å²) in [7, 11) is 0. The Morgan fingerprint density at radius 1 is 0.737 bits per heavy atom. The molecule has 2 aromatic rings. The monoisotopic (exact) mass is 253 g/mol. The highest BCUT2D eigenvalue weighted by Crippen LogP contribution is 2.27. The summed E-state index contributed by atoms with van der Waals surface area (Å²) in [6.07, 6.45) is 2.12. The highest BCUT2D eigenvalue weighted by Gasteiger charge is 2.23. The van der Waals surface area contributed by atoms with Crippen LogP contribution < -0.4 is 5.73 Å². The van der Waals surface area contributed by atoms with Crippen LogP contribution in [0.4, 0.5) is 0 Å². The third kappa shape index (κ3) is 2.87. The van der Waals surface area contributed by atoms with Crippen molar-refractivity contribution in [2.24, 2.45) is 5.73 Å². The van der Waals surface area contributed by atoms with Gasteiger partial charge in [-0.1, -0.05) is 62.4 Å². The van der Waals surface area contributed by atoms with Crippen LogP contribution in [-0.2, 0) is 18.4 Å². The van der Waals surface area contributed by atoms with Crippen molar-refractivity contribution in [2.45, 2.75) is 39.2 Å². The van der Waals surface area contributed by atoms with Crippen LogP contribution in [0.25, 0.3) is 0 Å². The minimum Gasteiger partial charge on any atom is -0.318 e. The summed E-state index contributed by atoms with van der Waals surface area (Å²) in [4.78, 5) is 0. The summed E-state index contributed by atoms with van der Waals surface area (Å²) in [5, 5.41) is 0. The molecule has 0 bridgehead atoms. The molecular formula is C18H23N. The lowest BCUT2D eigenvalue weighted by Gasteiger charge is -2.26. The molecule has 0 fully saturated rings. The standard InChI is InChI=1S/C18H23N/c1-4-14-6-10-16(11-7-14)18(3,19)17-12-8-15(5-2)9-13-17/h6-13H,4-5,19H2,1-3H3. The van der Waals surface area contributed by atoms with E-state index in [1.165, 1.54) is 11.1 Å². The Labute approximate surface area is 116 Å². The van der Waals surface area contributed by atoms with Crippen LogP contribution in [0.1, 0.15) is 43.0 Å². The molecule has 0 atom stereocenters. The second-order valence-corrected chi connectivity index (χ2v) is 5.30. The van der Waals surface area contributed by atoms with Gasteiger partial charge in [0.25, 0.3) is 0 Å². The van der Waals surface area contributed by atoms with Crippen LogP contribution in [0.5, 0.6) is 0 Å². The number of hydrogen-bond donors (Lipinski definition) is 1.